The summed E-state index contributed by atoms with van der Waals surface area (Å²) in [4.78, 5) is 23.0. The highest BCUT2D eigenvalue weighted by Gasteiger charge is 2.34. The normalized spacial score (nSPS) is 20.2. The second-order valence-corrected chi connectivity index (χ2v) is 11.5. The zero-order valence-electron chi connectivity index (χ0n) is 23.0. The quantitative estimate of drug-likeness (QED) is 0.400. The Balaban J connectivity index is 1.01. The average Bonchev–Trinajstić information content (AvgIpc) is 3.26. The third kappa shape index (κ3) is 6.80. The van der Waals surface area contributed by atoms with Gasteiger partial charge in [0.05, 0.1) is 24.0 Å². The molecule has 3 N–H and O–H groups in total. The molecule has 210 valence electrons. The molecule has 1 aliphatic carbocycles. The van der Waals surface area contributed by atoms with E-state index in [9.17, 15) is 9.90 Å². The van der Waals surface area contributed by atoms with Crippen molar-refractivity contribution in [1.29, 1.82) is 0 Å². The molecule has 5 rings (SSSR count). The zero-order valence-corrected chi connectivity index (χ0v) is 23.0. The molecule has 10 nitrogen and oxygen atoms in total. The number of carbonyl (C=O) groups is 1. The Hall–Kier alpha value is -3.37. The second-order valence-electron chi connectivity index (χ2n) is 11.5. The Bertz CT molecular complexity index is 1290. The van der Waals surface area contributed by atoms with E-state index < -0.39 is 5.60 Å². The Kier molecular flexibility index (Phi) is 7.95. The van der Waals surface area contributed by atoms with E-state index in [0.717, 1.165) is 44.1 Å². The number of nitrogen functional groups attached to an aromatic ring is 1. The summed E-state index contributed by atoms with van der Waals surface area (Å²) in [5, 5.41) is 10.1. The number of ether oxygens (including phenoxy) is 3. The molecule has 10 heteroatoms. The predicted octanol–water partition coefficient (Wildman–Crippen LogP) is 4.58. The molecule has 2 fully saturated rings. The van der Waals surface area contributed by atoms with Gasteiger partial charge >= 0.3 is 6.09 Å². The number of nitrogens with zero attached hydrogens (tertiary/aromatic N) is 4. The summed E-state index contributed by atoms with van der Waals surface area (Å²) in [6.07, 6.45) is 9.30. The molecule has 1 amide bonds. The minimum atomic E-state index is -0.471. The van der Waals surface area contributed by atoms with Gasteiger partial charge in [-0.25, -0.2) is 9.78 Å². The van der Waals surface area contributed by atoms with Crippen molar-refractivity contribution in [2.24, 2.45) is 0 Å². The first-order valence-electron chi connectivity index (χ1n) is 13.8. The van der Waals surface area contributed by atoms with Gasteiger partial charge in [-0.3, -0.25) is 4.40 Å². The van der Waals surface area contributed by atoms with E-state index in [0.29, 0.717) is 42.5 Å². The van der Waals surface area contributed by atoms with Crippen LogP contribution in [0.3, 0.4) is 0 Å². The lowest BCUT2D eigenvalue weighted by Gasteiger charge is -2.40. The fraction of sp³-hybridized carbons (Fsp3) is 0.552. The first-order valence-corrected chi connectivity index (χ1v) is 13.8. The van der Waals surface area contributed by atoms with Gasteiger partial charge in [-0.05, 0) is 71.4 Å². The van der Waals surface area contributed by atoms with Crippen LogP contribution < -0.4 is 5.73 Å². The molecule has 1 aliphatic heterocycles. The number of aryl methyl sites for hydroxylation is 1. The summed E-state index contributed by atoms with van der Waals surface area (Å²) in [7, 11) is 0. The van der Waals surface area contributed by atoms with Crippen LogP contribution in [0.1, 0.15) is 58.4 Å². The van der Waals surface area contributed by atoms with Crippen LogP contribution in [0.5, 0.6) is 5.75 Å². The Morgan fingerprint density at radius 2 is 1.82 bits per heavy atom. The van der Waals surface area contributed by atoms with Crippen LogP contribution in [0.2, 0.25) is 0 Å². The number of phenolic OH excluding ortho intramolecular Hbond substituents is 1. The highest BCUT2D eigenvalue weighted by Crippen LogP contribution is 2.31. The lowest BCUT2D eigenvalue weighted by Crippen LogP contribution is -2.46. The van der Waals surface area contributed by atoms with E-state index >= 15 is 0 Å². The number of rotatable bonds is 8. The maximum atomic E-state index is 12.2. The van der Waals surface area contributed by atoms with Crippen molar-refractivity contribution in [3.8, 4) is 17.0 Å². The number of phenols is 1. The number of para-hydroxylation sites is 1. The summed E-state index contributed by atoms with van der Waals surface area (Å²) in [6, 6.07) is 7.10. The molecule has 2 aromatic heterocycles. The van der Waals surface area contributed by atoms with Gasteiger partial charge in [0.1, 0.15) is 17.2 Å². The van der Waals surface area contributed by atoms with E-state index in [1.54, 1.807) is 17.0 Å². The molecule has 0 unspecified atom stereocenters. The van der Waals surface area contributed by atoms with Crippen LogP contribution in [0.15, 0.2) is 36.7 Å². The van der Waals surface area contributed by atoms with Crippen LogP contribution in [0, 0.1) is 0 Å². The van der Waals surface area contributed by atoms with E-state index in [4.69, 9.17) is 19.9 Å². The van der Waals surface area contributed by atoms with Crippen molar-refractivity contribution in [3.05, 3.63) is 42.2 Å². The lowest BCUT2D eigenvalue weighted by atomic mass is 9.91. The molecule has 39 heavy (non-hydrogen) atoms. The highest BCUT2D eigenvalue weighted by atomic mass is 16.6. The highest BCUT2D eigenvalue weighted by molar-refractivity contribution is 5.69. The summed E-state index contributed by atoms with van der Waals surface area (Å²) in [5.74, 6) is 1.15. The third-order valence-electron chi connectivity index (χ3n) is 7.21. The molecular formula is C29H39N5O5. The van der Waals surface area contributed by atoms with E-state index in [1.807, 2.05) is 49.7 Å². The van der Waals surface area contributed by atoms with E-state index in [1.165, 1.54) is 0 Å². The SMILES string of the molecule is CC(C)(C)OC(=O)N1CCC(OC2CC(OCCCc3cn4cc(-c5ccccc5O)nc4nc3N)C2)CC1. The Morgan fingerprint density at radius 3 is 2.54 bits per heavy atom. The number of anilines is 1. The number of carbonyl (C=O) groups excluding carboxylic acids is 1. The first-order chi connectivity index (χ1) is 18.6. The largest absolute Gasteiger partial charge is 0.507 e. The molecule has 3 heterocycles. The van der Waals surface area contributed by atoms with Crippen molar-refractivity contribution < 1.29 is 24.1 Å². The van der Waals surface area contributed by atoms with Gasteiger partial charge in [-0.1, -0.05) is 12.1 Å². The monoisotopic (exact) mass is 537 g/mol. The van der Waals surface area contributed by atoms with Crippen molar-refractivity contribution >= 4 is 17.7 Å². The van der Waals surface area contributed by atoms with E-state index in [2.05, 4.69) is 9.97 Å². The van der Waals surface area contributed by atoms with Gasteiger partial charge in [0.2, 0.25) is 5.78 Å². The molecular weight excluding hydrogens is 498 g/mol. The Labute approximate surface area is 229 Å². The number of nitrogens with two attached hydrogens (primary N) is 1. The van der Waals surface area contributed by atoms with Crippen molar-refractivity contribution in [2.75, 3.05) is 25.4 Å². The van der Waals surface area contributed by atoms with Crippen molar-refractivity contribution in [2.45, 2.75) is 83.2 Å². The second kappa shape index (κ2) is 11.4. The van der Waals surface area contributed by atoms with Crippen LogP contribution in [0.25, 0.3) is 17.0 Å². The first kappa shape index (κ1) is 27.2. The molecule has 1 aromatic carbocycles. The number of hydrogen-bond donors (Lipinski definition) is 2. The number of hydrogen-bond acceptors (Lipinski definition) is 8. The number of benzene rings is 1. The lowest BCUT2D eigenvalue weighted by molar-refractivity contribution is -0.134. The van der Waals surface area contributed by atoms with Gasteiger partial charge < -0.3 is 30.0 Å². The molecule has 1 saturated heterocycles. The molecule has 0 radical (unpaired) electrons. The molecule has 0 spiro atoms. The molecule has 0 atom stereocenters. The topological polar surface area (TPSA) is 124 Å². The zero-order chi connectivity index (χ0) is 27.6. The van der Waals surface area contributed by atoms with Crippen molar-refractivity contribution in [3.63, 3.8) is 0 Å². The van der Waals surface area contributed by atoms with Gasteiger partial charge in [-0.15, -0.1) is 0 Å². The number of piperidine rings is 1. The van der Waals surface area contributed by atoms with Gasteiger partial charge in [0.15, 0.2) is 0 Å². The molecule has 3 aromatic rings. The van der Waals surface area contributed by atoms with Crippen LogP contribution in [0.4, 0.5) is 10.6 Å². The number of aromatic hydroxyl groups is 1. The standard InChI is InChI=1S/C29H39N5O5/c1-29(2,3)39-28(36)33-12-10-20(11-13-33)38-22-15-21(16-22)37-14-6-7-19-17-34-18-24(31-27(34)32-26(19)30)23-8-4-5-9-25(23)35/h4-5,8-9,17-18,20-22,35H,6-7,10-16H2,1-3H3,(H2,30,31,32). The number of fused-ring (bicyclic) bond motifs is 1. The summed E-state index contributed by atoms with van der Waals surface area (Å²) in [6.45, 7) is 7.65. The number of aromatic nitrogens is 3. The fourth-order valence-corrected chi connectivity index (χ4v) is 5.04. The summed E-state index contributed by atoms with van der Waals surface area (Å²) in [5.41, 5.74) is 7.98. The van der Waals surface area contributed by atoms with Crippen LogP contribution in [-0.4, -0.2) is 74.1 Å². The summed E-state index contributed by atoms with van der Waals surface area (Å²) >= 11 is 0. The maximum Gasteiger partial charge on any atom is 0.410 e. The minimum absolute atomic E-state index is 0.179. The van der Waals surface area contributed by atoms with E-state index in [-0.39, 0.29) is 30.2 Å². The molecule has 2 aliphatic rings. The van der Waals surface area contributed by atoms with Crippen LogP contribution >= 0.6 is 0 Å². The predicted molar refractivity (Wildman–Crippen MR) is 147 cm³/mol. The van der Waals surface area contributed by atoms with Gasteiger partial charge in [-0.2, -0.15) is 4.98 Å². The Morgan fingerprint density at radius 1 is 1.08 bits per heavy atom. The third-order valence-corrected chi connectivity index (χ3v) is 7.21. The average molecular weight is 538 g/mol. The van der Waals surface area contributed by atoms with Crippen LogP contribution in [-0.2, 0) is 20.6 Å². The smallest absolute Gasteiger partial charge is 0.410 e. The van der Waals surface area contributed by atoms with Crippen molar-refractivity contribution in [1.82, 2.24) is 19.3 Å². The van der Waals surface area contributed by atoms with Gasteiger partial charge in [0.25, 0.3) is 0 Å². The number of imidazole rings is 1. The number of likely N-dealkylation sites (tertiary alicyclic amines) is 1. The molecule has 0 bridgehead atoms. The van der Waals surface area contributed by atoms with Gasteiger partial charge in [0, 0.05) is 43.2 Å². The number of amides is 1. The maximum absolute atomic E-state index is 12.2. The summed E-state index contributed by atoms with van der Waals surface area (Å²) < 4.78 is 19.6. The fourth-order valence-electron chi connectivity index (χ4n) is 5.04. The minimum Gasteiger partial charge on any atom is -0.507 e. The molecule has 1 saturated carbocycles.